The Hall–Kier alpha value is -4.61. The summed E-state index contributed by atoms with van der Waals surface area (Å²) in [6.45, 7) is 1.82. The number of benzene rings is 2. The number of imidazole rings is 1. The Bertz CT molecular complexity index is 1710. The van der Waals surface area contributed by atoms with E-state index in [1.807, 2.05) is 11.3 Å². The van der Waals surface area contributed by atoms with E-state index in [9.17, 15) is 18.0 Å². The maximum atomic E-state index is 14.0. The number of hydrogen-bond acceptors (Lipinski definition) is 6. The number of amides is 1. The summed E-state index contributed by atoms with van der Waals surface area (Å²) in [5, 5.41) is 4.19. The van der Waals surface area contributed by atoms with Crippen LogP contribution in [0.5, 0.6) is 5.75 Å². The van der Waals surface area contributed by atoms with Gasteiger partial charge in [0.2, 0.25) is 0 Å². The van der Waals surface area contributed by atoms with E-state index in [1.54, 1.807) is 42.3 Å². The van der Waals surface area contributed by atoms with Gasteiger partial charge in [-0.05, 0) is 37.3 Å². The first-order valence-electron chi connectivity index (χ1n) is 11.3. The number of nitrogen functional groups attached to an aromatic ring is 1. The smallest absolute Gasteiger partial charge is 0.416 e. The van der Waals surface area contributed by atoms with E-state index in [1.165, 1.54) is 17.2 Å². The van der Waals surface area contributed by atoms with E-state index in [0.29, 0.717) is 45.0 Å². The molecule has 0 fully saturated rings. The predicted octanol–water partition coefficient (Wildman–Crippen LogP) is 4.31. The van der Waals surface area contributed by atoms with Crippen molar-refractivity contribution in [3.05, 3.63) is 77.5 Å². The highest BCUT2D eigenvalue weighted by atomic mass is 19.4. The molecule has 1 amide bonds. The van der Waals surface area contributed by atoms with Gasteiger partial charge in [0.25, 0.3) is 5.91 Å². The van der Waals surface area contributed by atoms with Gasteiger partial charge in [-0.25, -0.2) is 9.97 Å². The number of carbonyl (C=O) groups excluding carboxylic acids is 1. The second kappa shape index (κ2) is 7.95. The third kappa shape index (κ3) is 3.63. The molecule has 0 spiro atoms. The minimum Gasteiger partial charge on any atom is -0.491 e. The zero-order valence-electron chi connectivity index (χ0n) is 19.7. The van der Waals surface area contributed by atoms with Gasteiger partial charge < -0.3 is 10.5 Å². The lowest BCUT2D eigenvalue weighted by Gasteiger charge is -2.27. The maximum Gasteiger partial charge on any atom is 0.416 e. The lowest BCUT2D eigenvalue weighted by Crippen LogP contribution is -2.35. The number of ether oxygens (including phenoxy) is 1. The molecule has 1 aliphatic heterocycles. The molecule has 2 N–H and O–H groups in total. The van der Waals surface area contributed by atoms with Gasteiger partial charge >= 0.3 is 6.18 Å². The number of fused-ring (bicyclic) bond motifs is 4. The van der Waals surface area contributed by atoms with Gasteiger partial charge in [0.1, 0.15) is 29.5 Å². The third-order valence-electron chi connectivity index (χ3n) is 6.50. The van der Waals surface area contributed by atoms with Crippen LogP contribution < -0.4 is 15.4 Å². The van der Waals surface area contributed by atoms with E-state index in [0.717, 1.165) is 12.1 Å². The van der Waals surface area contributed by atoms with Crippen molar-refractivity contribution in [3.63, 3.8) is 0 Å². The van der Waals surface area contributed by atoms with E-state index in [2.05, 4.69) is 15.1 Å². The fourth-order valence-corrected chi connectivity index (χ4v) is 4.74. The van der Waals surface area contributed by atoms with E-state index in [-0.39, 0.29) is 18.3 Å². The summed E-state index contributed by atoms with van der Waals surface area (Å²) in [5.41, 5.74) is 8.43. The number of nitrogens with zero attached hydrogens (tertiary/aromatic N) is 6. The minimum atomic E-state index is -4.51. The first kappa shape index (κ1) is 22.8. The largest absolute Gasteiger partial charge is 0.491 e. The average Bonchev–Trinajstić information content (AvgIpc) is 3.58. The summed E-state index contributed by atoms with van der Waals surface area (Å²) in [5.74, 6) is 0.720. The Labute approximate surface area is 207 Å². The van der Waals surface area contributed by atoms with Gasteiger partial charge in [-0.2, -0.15) is 18.3 Å². The fourth-order valence-electron chi connectivity index (χ4n) is 4.74. The molecule has 4 heterocycles. The summed E-state index contributed by atoms with van der Waals surface area (Å²) in [6.07, 6.45) is 0.313. The van der Waals surface area contributed by atoms with Crippen LogP contribution in [0.15, 0.2) is 55.0 Å². The van der Waals surface area contributed by atoms with Crippen LogP contribution in [0.1, 0.15) is 33.4 Å². The highest BCUT2D eigenvalue weighted by Gasteiger charge is 2.38. The molecule has 0 radical (unpaired) electrons. The molecule has 6 rings (SSSR count). The van der Waals surface area contributed by atoms with Crippen molar-refractivity contribution in [1.82, 2.24) is 24.1 Å². The van der Waals surface area contributed by atoms with E-state index in [4.69, 9.17) is 10.5 Å². The number of hydrogen-bond donors (Lipinski definition) is 1. The molecule has 188 valence electrons. The molecule has 0 saturated heterocycles. The number of halogens is 3. The predicted molar refractivity (Wildman–Crippen MR) is 129 cm³/mol. The van der Waals surface area contributed by atoms with Gasteiger partial charge in [0, 0.05) is 24.4 Å². The molecule has 0 saturated carbocycles. The summed E-state index contributed by atoms with van der Waals surface area (Å²) in [6, 6.07) is 7.71. The highest BCUT2D eigenvalue weighted by Crippen LogP contribution is 2.42. The first-order valence-corrected chi connectivity index (χ1v) is 11.3. The van der Waals surface area contributed by atoms with E-state index < -0.39 is 17.8 Å². The molecular formula is C25H20F3N7O2. The zero-order valence-corrected chi connectivity index (χ0v) is 19.7. The number of carbonyl (C=O) groups is 1. The van der Waals surface area contributed by atoms with Crippen LogP contribution in [0.3, 0.4) is 0 Å². The van der Waals surface area contributed by atoms with Gasteiger partial charge in [0.05, 0.1) is 40.7 Å². The second-order valence-electron chi connectivity index (χ2n) is 8.85. The quantitative estimate of drug-likeness (QED) is 0.391. The Morgan fingerprint density at radius 3 is 2.70 bits per heavy atom. The van der Waals surface area contributed by atoms with Gasteiger partial charge in [-0.15, -0.1) is 0 Å². The van der Waals surface area contributed by atoms with Crippen molar-refractivity contribution in [2.75, 3.05) is 17.2 Å². The van der Waals surface area contributed by atoms with Crippen molar-refractivity contribution in [1.29, 1.82) is 0 Å². The van der Waals surface area contributed by atoms with Crippen molar-refractivity contribution < 1.29 is 22.7 Å². The Morgan fingerprint density at radius 2 is 1.97 bits per heavy atom. The van der Waals surface area contributed by atoms with Crippen LogP contribution in [-0.4, -0.2) is 36.7 Å². The van der Waals surface area contributed by atoms with E-state index >= 15 is 0 Å². The van der Waals surface area contributed by atoms with Crippen molar-refractivity contribution in [2.45, 2.75) is 19.1 Å². The maximum absolute atomic E-state index is 14.0. The number of anilines is 2. The van der Waals surface area contributed by atoms with Crippen LogP contribution in [-0.2, 0) is 13.2 Å². The molecule has 3 aromatic heterocycles. The lowest BCUT2D eigenvalue weighted by atomic mass is 10.0. The number of alkyl halides is 3. The van der Waals surface area contributed by atoms with Crippen LogP contribution in [0.4, 0.5) is 24.7 Å². The van der Waals surface area contributed by atoms with Crippen molar-refractivity contribution in [3.8, 4) is 5.75 Å². The molecule has 0 unspecified atom stereocenters. The normalized spacial score (nSPS) is 15.2. The van der Waals surface area contributed by atoms with Gasteiger partial charge in [-0.3, -0.25) is 18.8 Å². The summed E-state index contributed by atoms with van der Waals surface area (Å²) >= 11 is 0. The van der Waals surface area contributed by atoms with Crippen LogP contribution >= 0.6 is 0 Å². The molecule has 2 aromatic carbocycles. The van der Waals surface area contributed by atoms with Crippen LogP contribution in [0.2, 0.25) is 0 Å². The molecule has 9 nitrogen and oxygen atoms in total. The molecule has 1 aliphatic rings. The third-order valence-corrected chi connectivity index (χ3v) is 6.50. The lowest BCUT2D eigenvalue weighted by molar-refractivity contribution is -0.137. The SMILES string of the molecule is Cc1ncc2c(N)nc3ccc(C(=O)N(c4cnn(C)c4)[C@@H]4COc5cc(C(F)(F)F)ccc54)cc3n12. The first-order chi connectivity index (χ1) is 17.6. The van der Waals surface area contributed by atoms with Gasteiger partial charge in [-0.1, -0.05) is 6.07 Å². The molecule has 0 bridgehead atoms. The average molecular weight is 507 g/mol. The number of rotatable bonds is 3. The molecule has 12 heteroatoms. The Kier molecular flexibility index (Phi) is 4.90. The fraction of sp³-hybridized carbons (Fsp3) is 0.200. The van der Waals surface area contributed by atoms with Gasteiger partial charge in [0.15, 0.2) is 0 Å². The molecule has 37 heavy (non-hydrogen) atoms. The summed E-state index contributed by atoms with van der Waals surface area (Å²) < 4.78 is 48.7. The Morgan fingerprint density at radius 1 is 1.16 bits per heavy atom. The number of aryl methyl sites for hydroxylation is 2. The minimum absolute atomic E-state index is 0.00613. The molecule has 5 aromatic rings. The molecular weight excluding hydrogens is 487 g/mol. The number of nitrogens with two attached hydrogens (primary N) is 1. The zero-order chi connectivity index (χ0) is 26.1. The number of aromatic nitrogens is 5. The monoisotopic (exact) mass is 507 g/mol. The summed E-state index contributed by atoms with van der Waals surface area (Å²) in [4.78, 5) is 24.3. The van der Waals surface area contributed by atoms with Crippen LogP contribution in [0, 0.1) is 6.92 Å². The topological polar surface area (TPSA) is 104 Å². The highest BCUT2D eigenvalue weighted by molar-refractivity contribution is 6.08. The standard InChI is InChI=1S/C25H20F3N7O2/c1-13-30-10-20-23(29)32-18-6-3-14(7-19(18)34(13)20)24(36)35(16-9-31-33(2)11-16)21-12-37-22-8-15(25(26,27)28)4-5-17(21)22/h3-11,21H,12H2,1-2H3,(H2,29,32)/t21-/m1/s1. The summed E-state index contributed by atoms with van der Waals surface area (Å²) in [7, 11) is 1.71. The molecule has 1 atom stereocenters. The second-order valence-corrected chi connectivity index (χ2v) is 8.85. The van der Waals surface area contributed by atoms with Crippen molar-refractivity contribution >= 4 is 34.0 Å². The molecule has 0 aliphatic carbocycles. The Balaban J connectivity index is 1.47. The van der Waals surface area contributed by atoms with Crippen LogP contribution in [0.25, 0.3) is 16.6 Å². The van der Waals surface area contributed by atoms with Crippen molar-refractivity contribution in [2.24, 2.45) is 7.05 Å².